The molecule has 3 rings (SSSR count). The molecule has 0 bridgehead atoms. The van der Waals surface area contributed by atoms with Crippen LogP contribution in [0.1, 0.15) is 18.2 Å². The summed E-state index contributed by atoms with van der Waals surface area (Å²) in [5.74, 6) is 0.630. The fourth-order valence-corrected chi connectivity index (χ4v) is 3.03. The van der Waals surface area contributed by atoms with Crippen molar-refractivity contribution in [3.63, 3.8) is 0 Å². The molecule has 3 aromatic rings. The number of hydrogen-bond donors (Lipinski definition) is 1. The number of methoxy groups -OCH3 is 1. The van der Waals surface area contributed by atoms with E-state index in [0.29, 0.717) is 17.3 Å². The average molecular weight is 370 g/mol. The van der Waals surface area contributed by atoms with Gasteiger partial charge < -0.3 is 10.1 Å². The lowest BCUT2D eigenvalue weighted by molar-refractivity contribution is -0.117. The number of nitrogens with zero attached hydrogens (tertiary/aromatic N) is 2. The van der Waals surface area contributed by atoms with E-state index in [2.05, 4.69) is 10.3 Å². The Morgan fingerprint density at radius 1 is 1.35 bits per heavy atom. The molecule has 6 heteroatoms. The molecule has 26 heavy (non-hydrogen) atoms. The zero-order valence-corrected chi connectivity index (χ0v) is 15.4. The van der Waals surface area contributed by atoms with Crippen LogP contribution < -0.4 is 10.1 Å². The number of fused-ring (bicyclic) bond motifs is 1. The number of pyridine rings is 1. The van der Waals surface area contributed by atoms with Crippen LogP contribution in [-0.4, -0.2) is 28.4 Å². The summed E-state index contributed by atoms with van der Waals surface area (Å²) >= 11 is 6.17. The molecular formula is C20H20ClN3O2. The summed E-state index contributed by atoms with van der Waals surface area (Å²) in [7, 11) is 1.64. The average Bonchev–Trinajstić information content (AvgIpc) is 2.95. The minimum Gasteiger partial charge on any atom is -0.497 e. The van der Waals surface area contributed by atoms with Gasteiger partial charge in [-0.1, -0.05) is 29.8 Å². The number of aromatic nitrogens is 2. The van der Waals surface area contributed by atoms with Crippen LogP contribution in [0.15, 0.2) is 54.7 Å². The van der Waals surface area contributed by atoms with E-state index in [1.807, 2.05) is 60.0 Å². The Hall–Kier alpha value is -2.79. The molecule has 0 radical (unpaired) electrons. The van der Waals surface area contributed by atoms with E-state index in [9.17, 15) is 4.79 Å². The van der Waals surface area contributed by atoms with Crippen molar-refractivity contribution >= 4 is 29.2 Å². The van der Waals surface area contributed by atoms with Crippen molar-refractivity contribution in [3.05, 3.63) is 71.1 Å². The van der Waals surface area contributed by atoms with E-state index < -0.39 is 0 Å². The second kappa shape index (κ2) is 8.06. The molecule has 1 aromatic carbocycles. The van der Waals surface area contributed by atoms with E-state index in [-0.39, 0.29) is 11.9 Å². The number of halogens is 1. The minimum atomic E-state index is -0.178. The first kappa shape index (κ1) is 18.0. The van der Waals surface area contributed by atoms with E-state index in [0.717, 1.165) is 17.0 Å². The lowest BCUT2D eigenvalue weighted by Crippen LogP contribution is -2.32. The van der Waals surface area contributed by atoms with Crippen LogP contribution in [0.25, 0.3) is 11.7 Å². The lowest BCUT2D eigenvalue weighted by Gasteiger charge is -2.13. The largest absolute Gasteiger partial charge is 0.497 e. The summed E-state index contributed by atoms with van der Waals surface area (Å²) in [4.78, 5) is 16.5. The van der Waals surface area contributed by atoms with Crippen LogP contribution in [0.2, 0.25) is 5.15 Å². The maximum absolute atomic E-state index is 12.2. The molecule has 2 aromatic heterocycles. The van der Waals surface area contributed by atoms with Gasteiger partial charge in [0.05, 0.1) is 12.8 Å². The van der Waals surface area contributed by atoms with E-state index in [1.165, 1.54) is 6.08 Å². The first-order valence-electron chi connectivity index (χ1n) is 8.31. The summed E-state index contributed by atoms with van der Waals surface area (Å²) in [6, 6.07) is 13.4. The summed E-state index contributed by atoms with van der Waals surface area (Å²) in [5.41, 5.74) is 2.52. The Kier molecular flexibility index (Phi) is 5.58. The first-order chi connectivity index (χ1) is 12.6. The molecule has 0 spiro atoms. The molecule has 0 aliphatic carbocycles. The molecule has 0 aliphatic heterocycles. The maximum atomic E-state index is 12.2. The van der Waals surface area contributed by atoms with Crippen LogP contribution in [0, 0.1) is 0 Å². The molecule has 1 N–H and O–H groups in total. The van der Waals surface area contributed by atoms with Gasteiger partial charge in [0, 0.05) is 18.3 Å². The number of carbonyl (C=O) groups is 1. The zero-order valence-electron chi connectivity index (χ0n) is 14.6. The zero-order chi connectivity index (χ0) is 18.5. The lowest BCUT2D eigenvalue weighted by atomic mass is 10.1. The summed E-state index contributed by atoms with van der Waals surface area (Å²) < 4.78 is 7.06. The number of imidazole rings is 1. The Morgan fingerprint density at radius 3 is 3.00 bits per heavy atom. The van der Waals surface area contributed by atoms with E-state index in [4.69, 9.17) is 16.3 Å². The SMILES string of the molecule is COc1cccc(CC(C)NC(=O)C=Cc2c(Cl)nc3ccccn23)c1. The third kappa shape index (κ3) is 4.24. The van der Waals surface area contributed by atoms with Gasteiger partial charge in [-0.3, -0.25) is 9.20 Å². The number of rotatable bonds is 6. The molecule has 0 saturated heterocycles. The van der Waals surface area contributed by atoms with Gasteiger partial charge in [0.2, 0.25) is 5.91 Å². The van der Waals surface area contributed by atoms with Crippen molar-refractivity contribution in [1.82, 2.24) is 14.7 Å². The summed E-state index contributed by atoms with van der Waals surface area (Å²) in [5, 5.41) is 3.32. The van der Waals surface area contributed by atoms with Gasteiger partial charge in [0.25, 0.3) is 0 Å². The summed E-state index contributed by atoms with van der Waals surface area (Å²) in [6.07, 6.45) is 5.73. The highest BCUT2D eigenvalue weighted by atomic mass is 35.5. The molecule has 5 nitrogen and oxygen atoms in total. The van der Waals surface area contributed by atoms with Gasteiger partial charge in [-0.15, -0.1) is 0 Å². The topological polar surface area (TPSA) is 55.6 Å². The highest BCUT2D eigenvalue weighted by Crippen LogP contribution is 2.19. The molecule has 1 amide bonds. The van der Waals surface area contributed by atoms with Crippen molar-refractivity contribution in [1.29, 1.82) is 0 Å². The van der Waals surface area contributed by atoms with Gasteiger partial charge >= 0.3 is 0 Å². The fourth-order valence-electron chi connectivity index (χ4n) is 2.78. The van der Waals surface area contributed by atoms with Gasteiger partial charge in [-0.25, -0.2) is 4.98 Å². The highest BCUT2D eigenvalue weighted by molar-refractivity contribution is 6.31. The quantitative estimate of drug-likeness (QED) is 0.673. The van der Waals surface area contributed by atoms with Gasteiger partial charge in [-0.05, 0) is 49.2 Å². The normalized spacial score (nSPS) is 12.4. The number of hydrogen-bond acceptors (Lipinski definition) is 3. The van der Waals surface area contributed by atoms with Crippen LogP contribution in [0.3, 0.4) is 0 Å². The second-order valence-corrected chi connectivity index (χ2v) is 6.37. The van der Waals surface area contributed by atoms with Crippen LogP contribution in [-0.2, 0) is 11.2 Å². The second-order valence-electron chi connectivity index (χ2n) is 6.02. The smallest absolute Gasteiger partial charge is 0.244 e. The van der Waals surface area contributed by atoms with Crippen molar-refractivity contribution in [2.75, 3.05) is 7.11 Å². The predicted molar refractivity (Wildman–Crippen MR) is 104 cm³/mol. The molecule has 2 heterocycles. The maximum Gasteiger partial charge on any atom is 0.244 e. The van der Waals surface area contributed by atoms with Crippen molar-refractivity contribution in [2.24, 2.45) is 0 Å². The van der Waals surface area contributed by atoms with Crippen LogP contribution >= 0.6 is 11.6 Å². The number of carbonyl (C=O) groups excluding carboxylic acids is 1. The molecule has 1 atom stereocenters. The number of nitrogens with one attached hydrogen (secondary N) is 1. The Labute approximate surface area is 157 Å². The highest BCUT2D eigenvalue weighted by Gasteiger charge is 2.09. The van der Waals surface area contributed by atoms with Crippen LogP contribution in [0.4, 0.5) is 0 Å². The molecule has 0 fully saturated rings. The molecule has 0 saturated carbocycles. The molecular weight excluding hydrogens is 350 g/mol. The van der Waals surface area contributed by atoms with Crippen LogP contribution in [0.5, 0.6) is 5.75 Å². The summed E-state index contributed by atoms with van der Waals surface area (Å²) in [6.45, 7) is 1.96. The minimum absolute atomic E-state index is 0.0167. The van der Waals surface area contributed by atoms with Crippen molar-refractivity contribution < 1.29 is 9.53 Å². The Balaban J connectivity index is 1.64. The van der Waals surface area contributed by atoms with Gasteiger partial charge in [0.15, 0.2) is 5.15 Å². The van der Waals surface area contributed by atoms with Gasteiger partial charge in [0.1, 0.15) is 11.4 Å². The Bertz CT molecular complexity index is 949. The third-order valence-corrected chi connectivity index (χ3v) is 4.26. The van der Waals surface area contributed by atoms with E-state index in [1.54, 1.807) is 13.2 Å². The Morgan fingerprint density at radius 2 is 2.19 bits per heavy atom. The number of amides is 1. The number of benzene rings is 1. The van der Waals surface area contributed by atoms with Crippen molar-refractivity contribution in [3.8, 4) is 5.75 Å². The third-order valence-electron chi connectivity index (χ3n) is 3.98. The number of ether oxygens (including phenoxy) is 1. The van der Waals surface area contributed by atoms with Gasteiger partial charge in [-0.2, -0.15) is 0 Å². The fraction of sp³-hybridized carbons (Fsp3) is 0.200. The van der Waals surface area contributed by atoms with E-state index >= 15 is 0 Å². The molecule has 1 unspecified atom stereocenters. The molecule has 134 valence electrons. The molecule has 0 aliphatic rings. The standard InChI is InChI=1S/C20H20ClN3O2/c1-14(12-15-6-5-7-16(13-15)26-2)22-19(25)10-9-17-20(21)23-18-8-3-4-11-24(17)18/h3-11,13-14H,12H2,1-2H3,(H,22,25). The predicted octanol–water partition coefficient (Wildman–Crippen LogP) is 3.76. The monoisotopic (exact) mass is 369 g/mol. The van der Waals surface area contributed by atoms with Crippen molar-refractivity contribution in [2.45, 2.75) is 19.4 Å². The first-order valence-corrected chi connectivity index (χ1v) is 8.68.